The monoisotopic (exact) mass is 404 g/mol. The largest absolute Gasteiger partial charge is 0.493 e. The van der Waals surface area contributed by atoms with E-state index in [2.05, 4.69) is 26.5 Å². The third kappa shape index (κ3) is 5.90. The molecule has 5 nitrogen and oxygen atoms in total. The van der Waals surface area contributed by atoms with Gasteiger partial charge in [-0.1, -0.05) is 28.1 Å². The van der Waals surface area contributed by atoms with E-state index in [0.717, 1.165) is 21.2 Å². The number of halogens is 1. The highest BCUT2D eigenvalue weighted by atomic mass is 79.9. The Balaban J connectivity index is 1.92. The van der Waals surface area contributed by atoms with Gasteiger partial charge in [0.05, 0.1) is 12.8 Å². The summed E-state index contributed by atoms with van der Waals surface area (Å²) >= 11 is 3.41. The first-order valence-electron chi connectivity index (χ1n) is 7.94. The molecule has 2 aromatic carbocycles. The van der Waals surface area contributed by atoms with Crippen molar-refractivity contribution in [1.82, 2.24) is 5.43 Å². The molecule has 132 valence electrons. The van der Waals surface area contributed by atoms with Crippen LogP contribution >= 0.6 is 15.9 Å². The molecule has 0 fully saturated rings. The van der Waals surface area contributed by atoms with Crippen molar-refractivity contribution >= 4 is 28.1 Å². The molecule has 0 atom stereocenters. The number of rotatable bonds is 7. The van der Waals surface area contributed by atoms with Crippen molar-refractivity contribution in [2.75, 3.05) is 13.2 Å². The predicted molar refractivity (Wildman–Crippen MR) is 102 cm³/mol. The molecule has 1 N–H and O–H groups in total. The molecule has 25 heavy (non-hydrogen) atoms. The first kappa shape index (κ1) is 19.0. The first-order chi connectivity index (χ1) is 12.0. The minimum Gasteiger partial charge on any atom is -0.493 e. The predicted octanol–water partition coefficient (Wildman–Crippen LogP) is 3.99. The molecule has 0 aliphatic rings. The van der Waals surface area contributed by atoms with Crippen LogP contribution in [0.2, 0.25) is 0 Å². The van der Waals surface area contributed by atoms with Crippen molar-refractivity contribution in [2.24, 2.45) is 5.10 Å². The molecule has 6 heteroatoms. The number of benzene rings is 2. The summed E-state index contributed by atoms with van der Waals surface area (Å²) in [4.78, 5) is 11.9. The van der Waals surface area contributed by atoms with Gasteiger partial charge >= 0.3 is 0 Å². The van der Waals surface area contributed by atoms with Crippen molar-refractivity contribution in [3.8, 4) is 11.5 Å². The Morgan fingerprint density at radius 3 is 2.72 bits per heavy atom. The topological polar surface area (TPSA) is 59.9 Å². The SMILES string of the molecule is CCOc1ccc(Br)cc1/C=N/NC(=O)COc1cc(C)ccc1C. The third-order valence-corrected chi connectivity index (χ3v) is 3.86. The smallest absolute Gasteiger partial charge is 0.277 e. The van der Waals surface area contributed by atoms with Gasteiger partial charge < -0.3 is 9.47 Å². The molecule has 0 aliphatic heterocycles. The number of ether oxygens (including phenoxy) is 2. The van der Waals surface area contributed by atoms with Gasteiger partial charge in [0.25, 0.3) is 5.91 Å². The molecule has 2 aromatic rings. The van der Waals surface area contributed by atoms with E-state index in [1.54, 1.807) is 6.21 Å². The van der Waals surface area contributed by atoms with Gasteiger partial charge in [0.1, 0.15) is 11.5 Å². The minimum absolute atomic E-state index is 0.0988. The lowest BCUT2D eigenvalue weighted by molar-refractivity contribution is -0.123. The zero-order valence-electron chi connectivity index (χ0n) is 14.5. The van der Waals surface area contributed by atoms with Crippen molar-refractivity contribution < 1.29 is 14.3 Å². The Morgan fingerprint density at radius 1 is 1.16 bits per heavy atom. The summed E-state index contributed by atoms with van der Waals surface area (Å²) in [6.45, 7) is 6.28. The van der Waals surface area contributed by atoms with E-state index in [9.17, 15) is 4.79 Å². The molecule has 0 saturated carbocycles. The Bertz CT molecular complexity index is 775. The Morgan fingerprint density at radius 2 is 1.96 bits per heavy atom. The number of nitrogens with zero attached hydrogens (tertiary/aromatic N) is 1. The number of amides is 1. The molecule has 1 amide bonds. The second-order valence-corrected chi connectivity index (χ2v) is 6.38. The molecule has 0 unspecified atom stereocenters. The lowest BCUT2D eigenvalue weighted by Crippen LogP contribution is -2.24. The first-order valence-corrected chi connectivity index (χ1v) is 8.73. The fourth-order valence-electron chi connectivity index (χ4n) is 2.12. The van der Waals surface area contributed by atoms with Gasteiger partial charge in [-0.2, -0.15) is 5.10 Å². The van der Waals surface area contributed by atoms with Crippen LogP contribution in [-0.4, -0.2) is 25.3 Å². The van der Waals surface area contributed by atoms with Crippen LogP contribution in [0.25, 0.3) is 0 Å². The lowest BCUT2D eigenvalue weighted by Gasteiger charge is -2.09. The molecule has 0 saturated heterocycles. The van der Waals surface area contributed by atoms with Crippen molar-refractivity contribution in [1.29, 1.82) is 0 Å². The van der Waals surface area contributed by atoms with E-state index >= 15 is 0 Å². The van der Waals surface area contributed by atoms with Gasteiger partial charge in [0.2, 0.25) is 0 Å². The summed E-state index contributed by atoms with van der Waals surface area (Å²) < 4.78 is 12.0. The number of carbonyl (C=O) groups excluding carboxylic acids is 1. The van der Waals surface area contributed by atoms with E-state index in [4.69, 9.17) is 9.47 Å². The maximum Gasteiger partial charge on any atom is 0.277 e. The summed E-state index contributed by atoms with van der Waals surface area (Å²) in [6, 6.07) is 11.5. The van der Waals surface area contributed by atoms with Gasteiger partial charge in [0.15, 0.2) is 6.61 Å². The average Bonchev–Trinajstić information content (AvgIpc) is 2.58. The number of nitrogens with one attached hydrogen (secondary N) is 1. The molecule has 0 heterocycles. The molecular weight excluding hydrogens is 384 g/mol. The van der Waals surface area contributed by atoms with Crippen LogP contribution in [0.1, 0.15) is 23.6 Å². The number of aryl methyl sites for hydroxylation is 2. The van der Waals surface area contributed by atoms with Crippen LogP contribution < -0.4 is 14.9 Å². The second-order valence-electron chi connectivity index (χ2n) is 5.47. The fourth-order valence-corrected chi connectivity index (χ4v) is 2.50. The standard InChI is InChI=1S/C19H21BrN2O3/c1-4-24-17-8-7-16(20)10-15(17)11-21-22-19(23)12-25-18-9-13(2)5-6-14(18)3/h5-11H,4,12H2,1-3H3,(H,22,23)/b21-11+. The number of hydrazone groups is 1. The summed E-state index contributed by atoms with van der Waals surface area (Å²) in [5.41, 5.74) is 5.29. The fraction of sp³-hybridized carbons (Fsp3) is 0.263. The van der Waals surface area contributed by atoms with Crippen molar-refractivity contribution in [3.63, 3.8) is 0 Å². The van der Waals surface area contributed by atoms with Crippen molar-refractivity contribution in [2.45, 2.75) is 20.8 Å². The molecule has 0 aromatic heterocycles. The molecule has 2 rings (SSSR count). The highest BCUT2D eigenvalue weighted by Gasteiger charge is 2.05. The van der Waals surface area contributed by atoms with Gasteiger partial charge in [-0.05, 0) is 56.2 Å². The number of carbonyl (C=O) groups is 1. The summed E-state index contributed by atoms with van der Waals surface area (Å²) in [5, 5.41) is 3.97. The van der Waals surface area contributed by atoms with Gasteiger partial charge in [-0.3, -0.25) is 4.79 Å². The quantitative estimate of drug-likeness (QED) is 0.560. The Kier molecular flexibility index (Phi) is 7.01. The summed E-state index contributed by atoms with van der Waals surface area (Å²) in [7, 11) is 0. The third-order valence-electron chi connectivity index (χ3n) is 3.37. The summed E-state index contributed by atoms with van der Waals surface area (Å²) in [6.07, 6.45) is 1.55. The van der Waals surface area contributed by atoms with E-state index in [0.29, 0.717) is 18.1 Å². The van der Waals surface area contributed by atoms with Crippen LogP contribution in [0.5, 0.6) is 11.5 Å². The Labute approximate surface area is 156 Å². The normalized spacial score (nSPS) is 10.7. The molecule has 0 radical (unpaired) electrons. The number of hydrogen-bond donors (Lipinski definition) is 1. The van der Waals surface area contributed by atoms with E-state index in [1.807, 2.05) is 57.2 Å². The van der Waals surface area contributed by atoms with E-state index < -0.39 is 0 Å². The zero-order chi connectivity index (χ0) is 18.2. The molecular formula is C19H21BrN2O3. The van der Waals surface area contributed by atoms with Gasteiger partial charge in [0, 0.05) is 10.0 Å². The van der Waals surface area contributed by atoms with Crippen LogP contribution in [0.4, 0.5) is 0 Å². The van der Waals surface area contributed by atoms with Crippen LogP contribution in [-0.2, 0) is 4.79 Å². The molecule has 0 bridgehead atoms. The molecule has 0 aliphatic carbocycles. The van der Waals surface area contributed by atoms with Gasteiger partial charge in [-0.25, -0.2) is 5.43 Å². The minimum atomic E-state index is -0.329. The van der Waals surface area contributed by atoms with Crippen LogP contribution in [0.15, 0.2) is 46.0 Å². The Hall–Kier alpha value is -2.34. The van der Waals surface area contributed by atoms with Gasteiger partial charge in [-0.15, -0.1) is 0 Å². The second kappa shape index (κ2) is 9.22. The van der Waals surface area contributed by atoms with E-state index in [-0.39, 0.29) is 12.5 Å². The highest BCUT2D eigenvalue weighted by Crippen LogP contribution is 2.22. The zero-order valence-corrected chi connectivity index (χ0v) is 16.1. The maximum absolute atomic E-state index is 11.9. The summed E-state index contributed by atoms with van der Waals surface area (Å²) in [5.74, 6) is 1.07. The van der Waals surface area contributed by atoms with Crippen molar-refractivity contribution in [3.05, 3.63) is 57.6 Å². The average molecular weight is 405 g/mol. The van der Waals surface area contributed by atoms with Crippen LogP contribution in [0, 0.1) is 13.8 Å². The lowest BCUT2D eigenvalue weighted by atomic mass is 10.1. The van der Waals surface area contributed by atoms with Crippen LogP contribution in [0.3, 0.4) is 0 Å². The maximum atomic E-state index is 11.9. The van der Waals surface area contributed by atoms with E-state index in [1.165, 1.54) is 0 Å². The highest BCUT2D eigenvalue weighted by molar-refractivity contribution is 9.10. The molecule has 0 spiro atoms. The number of hydrogen-bond acceptors (Lipinski definition) is 4.